The predicted octanol–water partition coefficient (Wildman–Crippen LogP) is 1.48. The molecule has 0 spiro atoms. The summed E-state index contributed by atoms with van der Waals surface area (Å²) in [6.45, 7) is 2.92. The summed E-state index contributed by atoms with van der Waals surface area (Å²) in [5.74, 6) is -3.23. The van der Waals surface area contributed by atoms with Crippen LogP contribution in [-0.2, 0) is 25.2 Å². The lowest BCUT2D eigenvalue weighted by molar-refractivity contribution is -0.194. The minimum absolute atomic E-state index is 0.0118. The molecule has 0 saturated heterocycles. The molecule has 0 aliphatic carbocycles. The van der Waals surface area contributed by atoms with Gasteiger partial charge in [-0.15, -0.1) is 0 Å². The minimum Gasteiger partial charge on any atom is -0.326 e. The van der Waals surface area contributed by atoms with Crippen molar-refractivity contribution < 1.29 is 31.2 Å². The molecule has 1 aliphatic heterocycles. The van der Waals surface area contributed by atoms with Crippen molar-refractivity contribution in [3.63, 3.8) is 0 Å². The summed E-state index contributed by atoms with van der Waals surface area (Å²) >= 11 is 0. The Morgan fingerprint density at radius 2 is 1.59 bits per heavy atom. The Labute approximate surface area is 206 Å². The molecular weight excluding hydrogens is 519 g/mol. The number of aromatic nitrogens is 2. The van der Waals surface area contributed by atoms with Gasteiger partial charge in [0.2, 0.25) is 21.5 Å². The zero-order chi connectivity index (χ0) is 27.3. The zero-order valence-corrected chi connectivity index (χ0v) is 19.9. The normalized spacial score (nSPS) is 17.3. The van der Waals surface area contributed by atoms with Crippen LogP contribution in [0.2, 0.25) is 0 Å². The molecule has 1 aromatic heterocycles. The van der Waals surface area contributed by atoms with E-state index in [0.717, 1.165) is 29.8 Å². The number of sulfonamides is 1. The largest absolute Gasteiger partial charge is 0.421 e. The highest BCUT2D eigenvalue weighted by atomic mass is 32.2. The molecule has 2 aromatic carbocycles. The average molecular weight is 537 g/mol. The third-order valence-electron chi connectivity index (χ3n) is 5.55. The van der Waals surface area contributed by atoms with Crippen LogP contribution in [0, 0.1) is 6.92 Å². The molecule has 0 saturated carbocycles. The van der Waals surface area contributed by atoms with Crippen molar-refractivity contribution in [2.24, 2.45) is 0 Å². The number of aryl methyl sites for hydroxylation is 1. The fourth-order valence-corrected chi connectivity index (χ4v) is 5.19. The van der Waals surface area contributed by atoms with Crippen LogP contribution in [0.4, 0.5) is 24.7 Å². The number of aromatic amines is 1. The summed E-state index contributed by atoms with van der Waals surface area (Å²) < 4.78 is 71.8. The van der Waals surface area contributed by atoms with Crippen molar-refractivity contribution >= 4 is 33.3 Å². The van der Waals surface area contributed by atoms with Crippen LogP contribution in [0.5, 0.6) is 0 Å². The maximum absolute atomic E-state index is 14.6. The number of H-pyrrole nitrogens is 1. The van der Waals surface area contributed by atoms with Crippen molar-refractivity contribution in [2.45, 2.75) is 30.5 Å². The lowest BCUT2D eigenvalue weighted by Gasteiger charge is -2.29. The first kappa shape index (κ1) is 25.8. The lowest BCUT2D eigenvalue weighted by Crippen LogP contribution is -2.61. The second-order valence-corrected chi connectivity index (χ2v) is 9.85. The van der Waals surface area contributed by atoms with Gasteiger partial charge >= 0.3 is 11.9 Å². The number of anilines is 2. The second kappa shape index (κ2) is 8.70. The van der Waals surface area contributed by atoms with Gasteiger partial charge in [-0.2, -0.15) is 17.9 Å². The molecule has 15 heteroatoms. The van der Waals surface area contributed by atoms with Gasteiger partial charge in [0.1, 0.15) is 5.82 Å². The fraction of sp³-hybridized carbons (Fsp3) is 0.182. The van der Waals surface area contributed by atoms with Crippen molar-refractivity contribution in [1.82, 2.24) is 14.3 Å². The molecule has 0 radical (unpaired) electrons. The van der Waals surface area contributed by atoms with E-state index in [1.165, 1.54) is 23.8 Å². The molecule has 2 amide bonds. The van der Waals surface area contributed by atoms with Crippen molar-refractivity contribution in [1.29, 1.82) is 0 Å². The number of hydrogen-bond donors (Lipinski definition) is 4. The Morgan fingerprint density at radius 1 is 1.00 bits per heavy atom. The standard InChI is InChI=1S/C22H18F3N5O6S/c1-11-3-7-14(8-4-11)30-17-16(18(32)28-20(30)34)21(19(33)27-17,22(23,24)25)29-37(35,36)15-9-5-13(6-10-15)26-12(2)31/h3-10,29H,1-2H3,(H,26,31)(H,27,33)(H,28,32,34)/t21-/m0/s1. The quantitative estimate of drug-likeness (QED) is 0.386. The fourth-order valence-electron chi connectivity index (χ4n) is 3.86. The number of benzene rings is 2. The maximum atomic E-state index is 14.6. The van der Waals surface area contributed by atoms with E-state index in [-0.39, 0.29) is 11.4 Å². The Bertz CT molecular complexity index is 1640. The number of rotatable bonds is 5. The summed E-state index contributed by atoms with van der Waals surface area (Å²) in [7, 11) is -5.10. The van der Waals surface area contributed by atoms with E-state index in [1.54, 1.807) is 24.0 Å². The highest BCUT2D eigenvalue weighted by Gasteiger charge is 2.69. The highest BCUT2D eigenvalue weighted by Crippen LogP contribution is 2.46. The lowest BCUT2D eigenvalue weighted by atomic mass is 9.93. The average Bonchev–Trinajstić information content (AvgIpc) is 3.07. The summed E-state index contributed by atoms with van der Waals surface area (Å²) in [5, 5.41) is 4.24. The Morgan fingerprint density at radius 3 is 2.14 bits per heavy atom. The first-order chi connectivity index (χ1) is 17.2. The molecule has 2 heterocycles. The Kier molecular flexibility index (Phi) is 6.08. The number of carbonyl (C=O) groups is 2. The maximum Gasteiger partial charge on any atom is 0.421 e. The molecule has 0 fully saturated rings. The van der Waals surface area contributed by atoms with Crippen LogP contribution < -0.4 is 26.6 Å². The molecule has 4 N–H and O–H groups in total. The van der Waals surface area contributed by atoms with Crippen LogP contribution in [0.3, 0.4) is 0 Å². The molecule has 1 atom stereocenters. The smallest absolute Gasteiger partial charge is 0.326 e. The summed E-state index contributed by atoms with van der Waals surface area (Å²) in [4.78, 5) is 50.4. The van der Waals surface area contributed by atoms with Gasteiger partial charge in [-0.3, -0.25) is 19.4 Å². The first-order valence-corrected chi connectivity index (χ1v) is 11.9. The molecule has 4 rings (SSSR count). The molecule has 0 unspecified atom stereocenters. The number of amides is 2. The van der Waals surface area contributed by atoms with Gasteiger partial charge in [-0.1, -0.05) is 17.7 Å². The Balaban J connectivity index is 1.92. The third kappa shape index (κ3) is 4.31. The van der Waals surface area contributed by atoms with E-state index < -0.39 is 61.1 Å². The minimum atomic E-state index is -5.66. The van der Waals surface area contributed by atoms with Gasteiger partial charge in [-0.25, -0.2) is 17.8 Å². The highest BCUT2D eigenvalue weighted by molar-refractivity contribution is 7.89. The van der Waals surface area contributed by atoms with Crippen LogP contribution in [0.15, 0.2) is 63.0 Å². The van der Waals surface area contributed by atoms with Crippen LogP contribution in [0.25, 0.3) is 5.69 Å². The molecule has 1 aliphatic rings. The number of halogens is 3. The SMILES string of the molecule is CC(=O)Nc1ccc(S(=O)(=O)N[C@]2(C(F)(F)F)C(=O)Nc3c2c(=O)[nH]c(=O)n3-c2ccc(C)cc2)cc1. The van der Waals surface area contributed by atoms with Crippen LogP contribution >= 0.6 is 0 Å². The molecule has 194 valence electrons. The number of hydrogen-bond acceptors (Lipinski definition) is 6. The van der Waals surface area contributed by atoms with Gasteiger partial charge < -0.3 is 10.6 Å². The topological polar surface area (TPSA) is 159 Å². The van der Waals surface area contributed by atoms with E-state index in [0.29, 0.717) is 4.57 Å². The van der Waals surface area contributed by atoms with E-state index in [9.17, 15) is 40.8 Å². The van der Waals surface area contributed by atoms with E-state index in [4.69, 9.17) is 0 Å². The van der Waals surface area contributed by atoms with Crippen molar-refractivity contribution in [3.8, 4) is 5.69 Å². The monoisotopic (exact) mass is 537 g/mol. The number of nitrogens with zero attached hydrogens (tertiary/aromatic N) is 1. The van der Waals surface area contributed by atoms with Gasteiger partial charge in [0.25, 0.3) is 11.5 Å². The second-order valence-electron chi connectivity index (χ2n) is 8.17. The molecule has 0 bridgehead atoms. The third-order valence-corrected chi connectivity index (χ3v) is 7.02. The molecule has 11 nitrogen and oxygen atoms in total. The first-order valence-electron chi connectivity index (χ1n) is 10.4. The molecular formula is C22H18F3N5O6S. The number of fused-ring (bicyclic) bond motifs is 1. The van der Waals surface area contributed by atoms with E-state index >= 15 is 0 Å². The van der Waals surface area contributed by atoms with Crippen LogP contribution in [0.1, 0.15) is 18.1 Å². The number of nitrogens with one attached hydrogen (secondary N) is 4. The molecule has 3 aromatic rings. The van der Waals surface area contributed by atoms with Gasteiger partial charge in [0.15, 0.2) is 0 Å². The van der Waals surface area contributed by atoms with Crippen LogP contribution in [-0.4, -0.2) is 36.0 Å². The van der Waals surface area contributed by atoms with Gasteiger partial charge in [-0.05, 0) is 43.3 Å². The van der Waals surface area contributed by atoms with Gasteiger partial charge in [0.05, 0.1) is 16.1 Å². The van der Waals surface area contributed by atoms with Crippen molar-refractivity contribution in [2.75, 3.05) is 10.6 Å². The summed E-state index contributed by atoms with van der Waals surface area (Å²) in [6, 6.07) is 9.89. The van der Waals surface area contributed by atoms with E-state index in [2.05, 4.69) is 5.32 Å². The summed E-state index contributed by atoms with van der Waals surface area (Å²) in [6.07, 6.45) is -5.66. The molecule has 37 heavy (non-hydrogen) atoms. The summed E-state index contributed by atoms with van der Waals surface area (Å²) in [5.41, 5.74) is -7.24. The van der Waals surface area contributed by atoms with E-state index in [1.807, 2.05) is 5.32 Å². The van der Waals surface area contributed by atoms with Gasteiger partial charge in [0, 0.05) is 12.6 Å². The predicted molar refractivity (Wildman–Crippen MR) is 125 cm³/mol. The number of carbonyl (C=O) groups excluding carboxylic acids is 2. The van der Waals surface area contributed by atoms with Crippen molar-refractivity contribution in [3.05, 3.63) is 80.5 Å². The zero-order valence-electron chi connectivity index (χ0n) is 19.1. The Hall–Kier alpha value is -4.24. The number of alkyl halides is 3.